The predicted octanol–water partition coefficient (Wildman–Crippen LogP) is 3.08. The highest BCUT2D eigenvalue weighted by Crippen LogP contribution is 2.19. The molecular formula is C13H22N2. The van der Waals surface area contributed by atoms with Crippen molar-refractivity contribution in [2.24, 2.45) is 5.84 Å². The van der Waals surface area contributed by atoms with Crippen LogP contribution in [0.2, 0.25) is 0 Å². The zero-order valence-corrected chi connectivity index (χ0v) is 9.79. The Bertz CT molecular complexity index is 266. The van der Waals surface area contributed by atoms with Crippen molar-refractivity contribution >= 4 is 0 Å². The molecule has 3 N–H and O–H groups in total. The molecule has 1 rings (SSSR count). The highest BCUT2D eigenvalue weighted by Gasteiger charge is 2.07. The van der Waals surface area contributed by atoms with Crippen LogP contribution in [0.15, 0.2) is 24.3 Å². The Labute approximate surface area is 92.8 Å². The maximum Gasteiger partial charge on any atom is 0.0460 e. The van der Waals surface area contributed by atoms with E-state index in [9.17, 15) is 0 Å². The quantitative estimate of drug-likeness (QED) is 0.426. The van der Waals surface area contributed by atoms with E-state index in [-0.39, 0.29) is 0 Å². The van der Waals surface area contributed by atoms with E-state index in [0.29, 0.717) is 6.04 Å². The summed E-state index contributed by atoms with van der Waals surface area (Å²) in [6.45, 7) is 4.32. The lowest BCUT2D eigenvalue weighted by atomic mass is 10.0. The molecule has 0 aromatic heterocycles. The van der Waals surface area contributed by atoms with Gasteiger partial charge in [0.1, 0.15) is 0 Å². The third kappa shape index (κ3) is 4.02. The number of aryl methyl sites for hydroxylation is 1. The van der Waals surface area contributed by atoms with E-state index >= 15 is 0 Å². The summed E-state index contributed by atoms with van der Waals surface area (Å²) in [5, 5.41) is 0. The minimum absolute atomic E-state index is 0.303. The maximum absolute atomic E-state index is 5.58. The zero-order chi connectivity index (χ0) is 11.1. The number of unbranched alkanes of at least 4 members (excludes halogenated alkanes) is 2. The minimum atomic E-state index is 0.303. The van der Waals surface area contributed by atoms with Gasteiger partial charge in [0.05, 0.1) is 0 Å². The molecule has 2 heteroatoms. The lowest BCUT2D eigenvalue weighted by molar-refractivity contribution is 0.487. The van der Waals surface area contributed by atoms with E-state index in [1.165, 1.54) is 30.4 Å². The van der Waals surface area contributed by atoms with Crippen molar-refractivity contribution in [1.29, 1.82) is 0 Å². The van der Waals surface area contributed by atoms with Crippen LogP contribution in [0.5, 0.6) is 0 Å². The SMILES string of the molecule is CCCCCC(NN)c1ccc(C)cc1. The van der Waals surface area contributed by atoms with Gasteiger partial charge in [0.25, 0.3) is 0 Å². The maximum atomic E-state index is 5.58. The zero-order valence-electron chi connectivity index (χ0n) is 9.79. The van der Waals surface area contributed by atoms with Gasteiger partial charge in [-0.15, -0.1) is 0 Å². The number of benzene rings is 1. The average molecular weight is 206 g/mol. The van der Waals surface area contributed by atoms with E-state index in [1.54, 1.807) is 0 Å². The smallest absolute Gasteiger partial charge is 0.0460 e. The molecule has 0 aliphatic heterocycles. The van der Waals surface area contributed by atoms with Gasteiger partial charge in [-0.25, -0.2) is 0 Å². The molecular weight excluding hydrogens is 184 g/mol. The van der Waals surface area contributed by atoms with E-state index < -0.39 is 0 Å². The second-order valence-electron chi connectivity index (χ2n) is 4.13. The fourth-order valence-electron chi connectivity index (χ4n) is 1.74. The van der Waals surface area contributed by atoms with Crippen LogP contribution in [-0.2, 0) is 0 Å². The Morgan fingerprint density at radius 2 is 1.87 bits per heavy atom. The van der Waals surface area contributed by atoms with Crippen LogP contribution >= 0.6 is 0 Å². The molecule has 2 nitrogen and oxygen atoms in total. The molecule has 0 aliphatic rings. The highest BCUT2D eigenvalue weighted by atomic mass is 15.2. The van der Waals surface area contributed by atoms with Gasteiger partial charge in [-0.05, 0) is 18.9 Å². The monoisotopic (exact) mass is 206 g/mol. The molecule has 1 unspecified atom stereocenters. The predicted molar refractivity (Wildman–Crippen MR) is 65.4 cm³/mol. The Morgan fingerprint density at radius 1 is 1.20 bits per heavy atom. The summed E-state index contributed by atoms with van der Waals surface area (Å²) < 4.78 is 0. The second-order valence-corrected chi connectivity index (χ2v) is 4.13. The summed E-state index contributed by atoms with van der Waals surface area (Å²) >= 11 is 0. The first-order valence-corrected chi connectivity index (χ1v) is 5.80. The summed E-state index contributed by atoms with van der Waals surface area (Å²) in [5.41, 5.74) is 5.48. The molecule has 1 aromatic carbocycles. The Morgan fingerprint density at radius 3 is 2.40 bits per heavy atom. The molecule has 0 spiro atoms. The van der Waals surface area contributed by atoms with Gasteiger partial charge in [-0.2, -0.15) is 0 Å². The first kappa shape index (κ1) is 12.2. The number of nitrogens with two attached hydrogens (primary N) is 1. The average Bonchev–Trinajstić information content (AvgIpc) is 2.26. The summed E-state index contributed by atoms with van der Waals surface area (Å²) in [5.74, 6) is 5.58. The molecule has 15 heavy (non-hydrogen) atoms. The van der Waals surface area contributed by atoms with Gasteiger partial charge in [0.15, 0.2) is 0 Å². The minimum Gasteiger partial charge on any atom is -0.271 e. The molecule has 1 aromatic rings. The van der Waals surface area contributed by atoms with Crippen LogP contribution in [0.1, 0.15) is 49.8 Å². The number of hydrogen-bond donors (Lipinski definition) is 2. The first-order chi connectivity index (χ1) is 7.27. The van der Waals surface area contributed by atoms with Gasteiger partial charge < -0.3 is 0 Å². The summed E-state index contributed by atoms with van der Waals surface area (Å²) in [7, 11) is 0. The van der Waals surface area contributed by atoms with Crippen LogP contribution in [0.25, 0.3) is 0 Å². The van der Waals surface area contributed by atoms with E-state index in [2.05, 4.69) is 43.5 Å². The van der Waals surface area contributed by atoms with Crippen LogP contribution < -0.4 is 11.3 Å². The van der Waals surface area contributed by atoms with Gasteiger partial charge in [0.2, 0.25) is 0 Å². The molecule has 0 radical (unpaired) electrons. The lowest BCUT2D eigenvalue weighted by Crippen LogP contribution is -2.27. The molecule has 0 bridgehead atoms. The molecule has 0 heterocycles. The van der Waals surface area contributed by atoms with Crippen LogP contribution in [0, 0.1) is 6.92 Å². The molecule has 0 amide bonds. The van der Waals surface area contributed by atoms with Crippen molar-refractivity contribution in [2.75, 3.05) is 0 Å². The van der Waals surface area contributed by atoms with Crippen molar-refractivity contribution in [2.45, 2.75) is 45.6 Å². The number of nitrogens with one attached hydrogen (secondary N) is 1. The molecule has 0 fully saturated rings. The normalized spacial score (nSPS) is 12.7. The second kappa shape index (κ2) is 6.59. The lowest BCUT2D eigenvalue weighted by Gasteiger charge is -2.16. The van der Waals surface area contributed by atoms with Gasteiger partial charge in [-0.3, -0.25) is 11.3 Å². The first-order valence-electron chi connectivity index (χ1n) is 5.80. The van der Waals surface area contributed by atoms with Crippen molar-refractivity contribution < 1.29 is 0 Å². The Kier molecular flexibility index (Phi) is 5.37. The van der Waals surface area contributed by atoms with Crippen molar-refractivity contribution in [3.63, 3.8) is 0 Å². The Balaban J connectivity index is 2.53. The number of hydrazine groups is 1. The molecule has 0 aliphatic carbocycles. The van der Waals surface area contributed by atoms with Crippen LogP contribution in [-0.4, -0.2) is 0 Å². The molecule has 0 saturated carbocycles. The third-order valence-electron chi connectivity index (χ3n) is 2.78. The van der Waals surface area contributed by atoms with E-state index in [0.717, 1.165) is 6.42 Å². The summed E-state index contributed by atoms with van der Waals surface area (Å²) in [6, 6.07) is 8.90. The summed E-state index contributed by atoms with van der Waals surface area (Å²) in [6.07, 6.45) is 4.89. The van der Waals surface area contributed by atoms with Crippen LogP contribution in [0.4, 0.5) is 0 Å². The van der Waals surface area contributed by atoms with Crippen LogP contribution in [0.3, 0.4) is 0 Å². The molecule has 84 valence electrons. The topological polar surface area (TPSA) is 38.0 Å². The van der Waals surface area contributed by atoms with Crippen molar-refractivity contribution in [1.82, 2.24) is 5.43 Å². The fraction of sp³-hybridized carbons (Fsp3) is 0.538. The van der Waals surface area contributed by atoms with E-state index in [4.69, 9.17) is 5.84 Å². The molecule has 1 atom stereocenters. The largest absolute Gasteiger partial charge is 0.271 e. The van der Waals surface area contributed by atoms with Gasteiger partial charge in [-0.1, -0.05) is 56.0 Å². The third-order valence-corrected chi connectivity index (χ3v) is 2.78. The fourth-order valence-corrected chi connectivity index (χ4v) is 1.74. The summed E-state index contributed by atoms with van der Waals surface area (Å²) in [4.78, 5) is 0. The van der Waals surface area contributed by atoms with Crippen molar-refractivity contribution in [3.8, 4) is 0 Å². The highest BCUT2D eigenvalue weighted by molar-refractivity contribution is 5.23. The van der Waals surface area contributed by atoms with Crippen molar-refractivity contribution in [3.05, 3.63) is 35.4 Å². The standard InChI is InChI=1S/C13H22N2/c1-3-4-5-6-13(15-14)12-9-7-11(2)8-10-12/h7-10,13,15H,3-6,14H2,1-2H3. The number of hydrogen-bond acceptors (Lipinski definition) is 2. The number of rotatable bonds is 6. The van der Waals surface area contributed by atoms with Gasteiger partial charge >= 0.3 is 0 Å². The Hall–Kier alpha value is -0.860. The molecule has 0 saturated heterocycles. The van der Waals surface area contributed by atoms with Gasteiger partial charge in [0, 0.05) is 6.04 Å². The van der Waals surface area contributed by atoms with E-state index in [1.807, 2.05) is 0 Å².